The SMILES string of the molecule is CN=C(NCc1cc(F)ccc1F)NCC1Cc2ccccc21.I. The normalized spacial score (nSPS) is 15.8. The summed E-state index contributed by atoms with van der Waals surface area (Å²) in [5.41, 5.74) is 3.04. The molecule has 0 aliphatic heterocycles. The number of rotatable bonds is 4. The van der Waals surface area contributed by atoms with E-state index in [4.69, 9.17) is 0 Å². The Morgan fingerprint density at radius 2 is 1.96 bits per heavy atom. The van der Waals surface area contributed by atoms with Gasteiger partial charge in [0.25, 0.3) is 0 Å². The molecular formula is C18H20F2IN3. The van der Waals surface area contributed by atoms with Gasteiger partial charge in [0.15, 0.2) is 5.96 Å². The number of halogens is 3. The van der Waals surface area contributed by atoms with Crippen LogP contribution in [0.4, 0.5) is 8.78 Å². The highest BCUT2D eigenvalue weighted by Gasteiger charge is 2.25. The van der Waals surface area contributed by atoms with Crippen LogP contribution < -0.4 is 10.6 Å². The lowest BCUT2D eigenvalue weighted by molar-refractivity contribution is 0.573. The van der Waals surface area contributed by atoms with Crippen molar-refractivity contribution in [1.82, 2.24) is 10.6 Å². The molecule has 0 fully saturated rings. The lowest BCUT2D eigenvalue weighted by Gasteiger charge is -2.30. The van der Waals surface area contributed by atoms with Crippen LogP contribution in [0.1, 0.15) is 22.6 Å². The van der Waals surface area contributed by atoms with Gasteiger partial charge in [-0.05, 0) is 35.7 Å². The third-order valence-electron chi connectivity index (χ3n) is 4.15. The van der Waals surface area contributed by atoms with Gasteiger partial charge in [-0.2, -0.15) is 0 Å². The third-order valence-corrected chi connectivity index (χ3v) is 4.15. The van der Waals surface area contributed by atoms with Crippen molar-refractivity contribution >= 4 is 29.9 Å². The summed E-state index contributed by atoms with van der Waals surface area (Å²) in [6, 6.07) is 11.8. The van der Waals surface area contributed by atoms with Crippen LogP contribution in [0, 0.1) is 11.6 Å². The number of guanidine groups is 1. The first-order chi connectivity index (χ1) is 11.2. The second-order valence-corrected chi connectivity index (χ2v) is 5.64. The molecule has 0 spiro atoms. The van der Waals surface area contributed by atoms with Gasteiger partial charge in [0.1, 0.15) is 11.6 Å². The van der Waals surface area contributed by atoms with Crippen molar-refractivity contribution in [2.24, 2.45) is 4.99 Å². The first-order valence-electron chi connectivity index (χ1n) is 7.63. The zero-order valence-corrected chi connectivity index (χ0v) is 15.7. The Morgan fingerprint density at radius 3 is 2.71 bits per heavy atom. The van der Waals surface area contributed by atoms with Gasteiger partial charge >= 0.3 is 0 Å². The second kappa shape index (κ2) is 8.41. The summed E-state index contributed by atoms with van der Waals surface area (Å²) >= 11 is 0. The van der Waals surface area contributed by atoms with Gasteiger partial charge in [-0.25, -0.2) is 8.78 Å². The summed E-state index contributed by atoms with van der Waals surface area (Å²) in [6.07, 6.45) is 1.05. The van der Waals surface area contributed by atoms with E-state index >= 15 is 0 Å². The van der Waals surface area contributed by atoms with Crippen molar-refractivity contribution in [2.45, 2.75) is 18.9 Å². The van der Waals surface area contributed by atoms with Crippen molar-refractivity contribution in [3.8, 4) is 0 Å². The molecular weight excluding hydrogens is 423 g/mol. The molecule has 0 amide bonds. The fourth-order valence-corrected chi connectivity index (χ4v) is 2.84. The largest absolute Gasteiger partial charge is 0.356 e. The van der Waals surface area contributed by atoms with Crippen molar-refractivity contribution in [3.05, 3.63) is 70.8 Å². The van der Waals surface area contributed by atoms with Gasteiger partial charge in [-0.15, -0.1) is 24.0 Å². The molecule has 0 bridgehead atoms. The molecule has 0 radical (unpaired) electrons. The Bertz CT molecular complexity index is 734. The Morgan fingerprint density at radius 1 is 1.17 bits per heavy atom. The first-order valence-corrected chi connectivity index (χ1v) is 7.63. The molecule has 1 aliphatic carbocycles. The van der Waals surface area contributed by atoms with E-state index in [-0.39, 0.29) is 36.1 Å². The highest BCUT2D eigenvalue weighted by Crippen LogP contribution is 2.33. The Kier molecular flexibility index (Phi) is 6.53. The summed E-state index contributed by atoms with van der Waals surface area (Å²) < 4.78 is 26.8. The summed E-state index contributed by atoms with van der Waals surface area (Å²) in [5.74, 6) is 0.174. The Balaban J connectivity index is 0.00000208. The Labute approximate surface area is 157 Å². The Hall–Kier alpha value is -1.70. The summed E-state index contributed by atoms with van der Waals surface area (Å²) in [5, 5.41) is 6.25. The number of benzene rings is 2. The maximum Gasteiger partial charge on any atom is 0.191 e. The molecule has 1 atom stereocenters. The molecule has 128 valence electrons. The maximum absolute atomic E-state index is 13.6. The first kappa shape index (κ1) is 18.6. The average molecular weight is 443 g/mol. The molecule has 24 heavy (non-hydrogen) atoms. The van der Waals surface area contributed by atoms with Crippen LogP contribution in [-0.4, -0.2) is 19.6 Å². The van der Waals surface area contributed by atoms with Gasteiger partial charge < -0.3 is 10.6 Å². The molecule has 0 heterocycles. The topological polar surface area (TPSA) is 36.4 Å². The monoisotopic (exact) mass is 443 g/mol. The average Bonchev–Trinajstić information content (AvgIpc) is 2.54. The van der Waals surface area contributed by atoms with Crippen molar-refractivity contribution in [2.75, 3.05) is 13.6 Å². The summed E-state index contributed by atoms with van der Waals surface area (Å²) in [7, 11) is 1.66. The number of fused-ring (bicyclic) bond motifs is 1. The highest BCUT2D eigenvalue weighted by molar-refractivity contribution is 14.0. The van der Waals surface area contributed by atoms with E-state index in [0.29, 0.717) is 11.9 Å². The molecule has 3 nitrogen and oxygen atoms in total. The molecule has 3 rings (SSSR count). The third kappa shape index (κ3) is 4.23. The fourth-order valence-electron chi connectivity index (χ4n) is 2.84. The van der Waals surface area contributed by atoms with Crippen LogP contribution in [0.25, 0.3) is 0 Å². The van der Waals surface area contributed by atoms with Crippen LogP contribution >= 0.6 is 24.0 Å². The van der Waals surface area contributed by atoms with E-state index < -0.39 is 11.6 Å². The van der Waals surface area contributed by atoms with Crippen molar-refractivity contribution < 1.29 is 8.78 Å². The molecule has 2 aromatic rings. The molecule has 0 aromatic heterocycles. The number of nitrogens with one attached hydrogen (secondary N) is 2. The van der Waals surface area contributed by atoms with E-state index in [1.165, 1.54) is 17.2 Å². The van der Waals surface area contributed by atoms with Gasteiger partial charge in [0.2, 0.25) is 0 Å². The molecule has 0 saturated carbocycles. The molecule has 2 aromatic carbocycles. The van der Waals surface area contributed by atoms with Crippen LogP contribution in [0.2, 0.25) is 0 Å². The number of nitrogens with zero attached hydrogens (tertiary/aromatic N) is 1. The minimum atomic E-state index is -0.447. The molecule has 6 heteroatoms. The van der Waals surface area contributed by atoms with Crippen LogP contribution in [0.15, 0.2) is 47.5 Å². The summed E-state index contributed by atoms with van der Waals surface area (Å²) in [6.45, 7) is 0.951. The predicted octanol–water partition coefficient (Wildman–Crippen LogP) is 3.59. The highest BCUT2D eigenvalue weighted by atomic mass is 127. The zero-order chi connectivity index (χ0) is 16.2. The molecule has 0 saturated heterocycles. The quantitative estimate of drug-likeness (QED) is 0.431. The van der Waals surface area contributed by atoms with Gasteiger partial charge in [-0.3, -0.25) is 4.99 Å². The number of hydrogen-bond acceptors (Lipinski definition) is 1. The minimum Gasteiger partial charge on any atom is -0.356 e. The van der Waals surface area contributed by atoms with Crippen LogP contribution in [-0.2, 0) is 13.0 Å². The van der Waals surface area contributed by atoms with E-state index in [1.807, 2.05) is 6.07 Å². The lowest BCUT2D eigenvalue weighted by Crippen LogP contribution is -2.40. The molecule has 1 aliphatic rings. The molecule has 1 unspecified atom stereocenters. The van der Waals surface area contributed by atoms with Crippen LogP contribution in [0.5, 0.6) is 0 Å². The minimum absolute atomic E-state index is 0. The van der Waals surface area contributed by atoms with Crippen molar-refractivity contribution in [1.29, 1.82) is 0 Å². The van der Waals surface area contributed by atoms with Gasteiger partial charge in [-0.1, -0.05) is 24.3 Å². The van der Waals surface area contributed by atoms with E-state index in [0.717, 1.165) is 25.1 Å². The van der Waals surface area contributed by atoms with Gasteiger partial charge in [0, 0.05) is 31.6 Å². The zero-order valence-electron chi connectivity index (χ0n) is 13.4. The van der Waals surface area contributed by atoms with E-state index in [2.05, 4.69) is 33.8 Å². The smallest absolute Gasteiger partial charge is 0.191 e. The fraction of sp³-hybridized carbons (Fsp3) is 0.278. The standard InChI is InChI=1S/C18H19F2N3.HI/c1-21-18(23-11-14-9-15(19)6-7-17(14)20)22-10-13-8-12-4-2-3-5-16(12)13;/h2-7,9,13H,8,10-11H2,1H3,(H2,21,22,23);1H. The summed E-state index contributed by atoms with van der Waals surface area (Å²) in [4.78, 5) is 4.12. The van der Waals surface area contributed by atoms with E-state index in [9.17, 15) is 8.78 Å². The van der Waals surface area contributed by atoms with Gasteiger partial charge in [0.05, 0.1) is 0 Å². The maximum atomic E-state index is 13.6. The predicted molar refractivity (Wildman–Crippen MR) is 103 cm³/mol. The second-order valence-electron chi connectivity index (χ2n) is 5.64. The number of hydrogen-bond donors (Lipinski definition) is 2. The molecule has 2 N–H and O–H groups in total. The lowest BCUT2D eigenvalue weighted by atomic mass is 9.78. The van der Waals surface area contributed by atoms with Crippen molar-refractivity contribution in [3.63, 3.8) is 0 Å². The number of aliphatic imine (C=N–C) groups is 1. The van der Waals surface area contributed by atoms with E-state index in [1.54, 1.807) is 7.05 Å². The van der Waals surface area contributed by atoms with Crippen LogP contribution in [0.3, 0.4) is 0 Å².